The van der Waals surface area contributed by atoms with Gasteiger partial charge in [-0.3, -0.25) is 9.11 Å². The summed E-state index contributed by atoms with van der Waals surface area (Å²) < 4.78 is 83.3. The number of benzene rings is 3. The molecule has 0 aliphatic carbocycles. The number of nitrogens with zero attached hydrogens (tertiary/aromatic N) is 2. The van der Waals surface area contributed by atoms with Crippen LogP contribution in [0.25, 0.3) is 11.1 Å². The maximum atomic E-state index is 11.9. The van der Waals surface area contributed by atoms with Gasteiger partial charge in [-0.05, 0) is 67.2 Å². The molecular formula is C34H40N2O9S3. The first-order valence-electron chi connectivity index (χ1n) is 15.5. The molecule has 2 N–H and O–H groups in total. The Morgan fingerprint density at radius 1 is 0.958 bits per heavy atom. The molecule has 0 radical (unpaired) electrons. The van der Waals surface area contributed by atoms with Crippen LogP contribution in [-0.4, -0.2) is 70.5 Å². The summed E-state index contributed by atoms with van der Waals surface area (Å²) in [6.07, 6.45) is 4.47. The molecule has 14 heteroatoms. The minimum Gasteiger partial charge on any atom is -0.493 e. The predicted octanol–water partition coefficient (Wildman–Crippen LogP) is 6.63. The highest BCUT2D eigenvalue weighted by molar-refractivity contribution is 8.03. The Morgan fingerprint density at radius 2 is 1.67 bits per heavy atom. The van der Waals surface area contributed by atoms with Crippen molar-refractivity contribution < 1.29 is 40.2 Å². The number of anilines is 2. The van der Waals surface area contributed by atoms with Gasteiger partial charge in [-0.1, -0.05) is 55.1 Å². The first kappa shape index (κ1) is 35.6. The highest BCUT2D eigenvalue weighted by Crippen LogP contribution is 2.51. The van der Waals surface area contributed by atoms with Gasteiger partial charge in [0, 0.05) is 30.1 Å². The van der Waals surface area contributed by atoms with E-state index in [1.54, 1.807) is 14.2 Å². The van der Waals surface area contributed by atoms with Crippen LogP contribution in [0.4, 0.5) is 11.4 Å². The van der Waals surface area contributed by atoms with Gasteiger partial charge in [0.15, 0.2) is 17.7 Å². The second-order valence-corrected chi connectivity index (χ2v) is 16.0. The Hall–Kier alpha value is -3.69. The summed E-state index contributed by atoms with van der Waals surface area (Å²) >= 11 is 1.51. The Morgan fingerprint density at radius 3 is 2.31 bits per heavy atom. The van der Waals surface area contributed by atoms with Gasteiger partial charge in [0.1, 0.15) is 5.75 Å². The van der Waals surface area contributed by atoms with E-state index >= 15 is 0 Å². The number of fused-ring (bicyclic) bond motifs is 2. The normalized spacial score (nSPS) is 17.7. The number of hydrogen-bond acceptors (Lipinski definition) is 10. The van der Waals surface area contributed by atoms with Crippen molar-refractivity contribution in [3.8, 4) is 28.4 Å². The zero-order valence-electron chi connectivity index (χ0n) is 27.2. The van der Waals surface area contributed by atoms with Crippen LogP contribution in [0.5, 0.6) is 17.2 Å². The van der Waals surface area contributed by atoms with Gasteiger partial charge < -0.3 is 24.0 Å². The van der Waals surface area contributed by atoms with Crippen LogP contribution in [-0.2, 0) is 20.2 Å². The molecule has 3 aromatic rings. The van der Waals surface area contributed by atoms with E-state index in [0.29, 0.717) is 36.8 Å². The van der Waals surface area contributed by atoms with Crippen LogP contribution < -0.4 is 24.0 Å². The number of ether oxygens (including phenoxy) is 3. The fourth-order valence-electron chi connectivity index (χ4n) is 5.61. The average molecular weight is 717 g/mol. The second-order valence-electron chi connectivity index (χ2n) is 11.5. The molecule has 2 aliphatic rings. The third-order valence-corrected chi connectivity index (χ3v) is 11.5. The van der Waals surface area contributed by atoms with Crippen LogP contribution in [0.2, 0.25) is 0 Å². The van der Waals surface area contributed by atoms with Crippen molar-refractivity contribution in [1.82, 2.24) is 0 Å². The Balaban J connectivity index is 1.50. The van der Waals surface area contributed by atoms with Gasteiger partial charge >= 0.3 is 0 Å². The average Bonchev–Trinajstić information content (AvgIpc) is 3.57. The molecule has 0 fully saturated rings. The minimum absolute atomic E-state index is 0.181. The maximum absolute atomic E-state index is 11.9. The molecule has 2 heterocycles. The molecule has 11 nitrogen and oxygen atoms in total. The maximum Gasteiger partial charge on any atom is 0.267 e. The van der Waals surface area contributed by atoms with Crippen molar-refractivity contribution in [2.24, 2.45) is 0 Å². The standard InChI is InChI=1S/C34H40N2O9S3/c1-5-24(19-34-36(15-9-17-47(37,38)39)28-21-30(43-3)31(44-4)22-32(28)46-34)18-33-35(16-14-23(2)48(40,41)42)27-20-26(12-13-29(27)45-33)25-10-7-6-8-11-25/h6-8,10-13,18-23,33H,5,9,14-17H2,1-4H3,(H,37,38,39)(H,40,41,42)/b24-18?,34-19-. The zero-order chi connectivity index (χ0) is 34.6. The quantitative estimate of drug-likeness (QED) is 0.173. The topological polar surface area (TPSA) is 143 Å². The van der Waals surface area contributed by atoms with Gasteiger partial charge in [-0.25, -0.2) is 0 Å². The molecule has 0 amide bonds. The number of rotatable bonds is 14. The fraction of sp³-hybridized carbons (Fsp3) is 0.353. The monoisotopic (exact) mass is 716 g/mol. The van der Waals surface area contributed by atoms with Gasteiger partial charge in [0.2, 0.25) is 0 Å². The molecule has 2 aliphatic heterocycles. The lowest BCUT2D eigenvalue weighted by atomic mass is 10.0. The second kappa shape index (κ2) is 14.8. The molecule has 48 heavy (non-hydrogen) atoms. The highest BCUT2D eigenvalue weighted by Gasteiger charge is 2.32. The van der Waals surface area contributed by atoms with Crippen molar-refractivity contribution in [2.45, 2.75) is 49.5 Å². The summed E-state index contributed by atoms with van der Waals surface area (Å²) in [6, 6.07) is 19.6. The van der Waals surface area contributed by atoms with Crippen LogP contribution in [0.15, 0.2) is 88.3 Å². The van der Waals surface area contributed by atoms with Crippen LogP contribution in [0.1, 0.15) is 33.1 Å². The molecule has 258 valence electrons. The van der Waals surface area contributed by atoms with E-state index in [1.165, 1.54) is 18.7 Å². The number of allylic oxidation sites excluding steroid dienone is 2. The predicted molar refractivity (Wildman–Crippen MR) is 190 cm³/mol. The van der Waals surface area contributed by atoms with E-state index in [-0.39, 0.29) is 18.6 Å². The number of thioether (sulfide) groups is 1. The van der Waals surface area contributed by atoms with Gasteiger partial charge in [-0.15, -0.1) is 0 Å². The minimum atomic E-state index is -4.22. The van der Waals surface area contributed by atoms with Crippen molar-refractivity contribution in [1.29, 1.82) is 0 Å². The van der Waals surface area contributed by atoms with E-state index < -0.39 is 31.7 Å². The van der Waals surface area contributed by atoms with Crippen LogP contribution in [0.3, 0.4) is 0 Å². The molecule has 0 aromatic heterocycles. The zero-order valence-corrected chi connectivity index (χ0v) is 29.6. The van der Waals surface area contributed by atoms with Crippen LogP contribution in [0, 0.1) is 0 Å². The third kappa shape index (κ3) is 8.29. The Kier molecular flexibility index (Phi) is 11.0. The summed E-state index contributed by atoms with van der Waals surface area (Å²) in [5.74, 6) is 1.38. The summed E-state index contributed by atoms with van der Waals surface area (Å²) in [4.78, 5) is 4.91. The molecule has 2 unspecified atom stereocenters. The molecule has 0 bridgehead atoms. The first-order valence-corrected chi connectivity index (χ1v) is 19.4. The molecule has 0 saturated carbocycles. The van der Waals surface area contributed by atoms with E-state index in [1.807, 2.05) is 89.5 Å². The largest absolute Gasteiger partial charge is 0.493 e. The lowest BCUT2D eigenvalue weighted by Gasteiger charge is -2.25. The molecule has 0 spiro atoms. The summed E-state index contributed by atoms with van der Waals surface area (Å²) in [6.45, 7) is 4.13. The smallest absolute Gasteiger partial charge is 0.267 e. The van der Waals surface area contributed by atoms with Gasteiger partial charge in [0.05, 0.1) is 41.6 Å². The van der Waals surface area contributed by atoms with E-state index in [4.69, 9.17) is 14.2 Å². The Labute approximate surface area is 286 Å². The van der Waals surface area contributed by atoms with Crippen molar-refractivity contribution in [2.75, 3.05) is 42.9 Å². The molecule has 2 atom stereocenters. The fourth-order valence-corrected chi connectivity index (χ4v) is 7.68. The van der Waals surface area contributed by atoms with E-state index in [9.17, 15) is 25.9 Å². The summed E-state index contributed by atoms with van der Waals surface area (Å²) in [5.41, 5.74) is 4.59. The summed E-state index contributed by atoms with van der Waals surface area (Å²) in [7, 11) is -5.24. The highest BCUT2D eigenvalue weighted by atomic mass is 32.2. The lowest BCUT2D eigenvalue weighted by Crippen LogP contribution is -2.36. The Bertz CT molecular complexity index is 1910. The lowest BCUT2D eigenvalue weighted by molar-refractivity contribution is 0.271. The van der Waals surface area contributed by atoms with Gasteiger partial charge in [0.25, 0.3) is 20.2 Å². The molecular weight excluding hydrogens is 677 g/mol. The first-order chi connectivity index (χ1) is 22.8. The third-order valence-electron chi connectivity index (χ3n) is 8.31. The van der Waals surface area contributed by atoms with E-state index in [0.717, 1.165) is 38.0 Å². The number of hydrogen-bond donors (Lipinski definition) is 2. The van der Waals surface area contributed by atoms with Gasteiger partial charge in [-0.2, -0.15) is 16.8 Å². The van der Waals surface area contributed by atoms with Crippen molar-refractivity contribution in [3.63, 3.8) is 0 Å². The van der Waals surface area contributed by atoms with Crippen molar-refractivity contribution in [3.05, 3.63) is 83.4 Å². The molecule has 3 aromatic carbocycles. The van der Waals surface area contributed by atoms with Crippen LogP contribution >= 0.6 is 11.8 Å². The van der Waals surface area contributed by atoms with Crippen molar-refractivity contribution >= 4 is 43.4 Å². The van der Waals surface area contributed by atoms with E-state index in [2.05, 4.69) is 0 Å². The molecule has 0 saturated heterocycles. The summed E-state index contributed by atoms with van der Waals surface area (Å²) in [5, 5.41) is -0.118. The SMILES string of the molecule is CCC(=CC1Oc2ccc(-c3ccccc3)cc2N1CCC(C)S(=O)(=O)O)/C=C1\Sc2cc(OC)c(OC)cc2N1CCCS(=O)(=O)O. The molecule has 5 rings (SSSR count). The number of methoxy groups -OCH3 is 2.